The molecule has 0 atom stereocenters. The second-order valence-electron chi connectivity index (χ2n) is 9.12. The summed E-state index contributed by atoms with van der Waals surface area (Å²) in [5.41, 5.74) is 10.6. The van der Waals surface area contributed by atoms with Crippen LogP contribution in [0.25, 0.3) is 22.5 Å². The monoisotopic (exact) mass is 522 g/mol. The molecule has 2 aromatic carbocycles. The number of H-pyrrole nitrogens is 1. The average Bonchev–Trinajstić information content (AvgIpc) is 3.43. The number of likely N-dealkylation sites (tertiary alicyclic amines) is 1. The minimum Gasteiger partial charge on any atom is -0.493 e. The fraction of sp³-hybridized carbons (Fsp3) is 0.370. The molecule has 1 saturated heterocycles. The number of hydrogen-bond acceptors (Lipinski definition) is 9. The second kappa shape index (κ2) is 12.4. The van der Waals surface area contributed by atoms with E-state index in [1.807, 2.05) is 37.3 Å². The van der Waals surface area contributed by atoms with Gasteiger partial charge in [-0.3, -0.25) is 14.5 Å². The topological polar surface area (TPSA) is 169 Å². The number of carboxylic acid groups (broad SMARTS) is 1. The number of nitrogens with one attached hydrogen (secondary N) is 2. The number of carboxylic acids is 1. The van der Waals surface area contributed by atoms with Crippen molar-refractivity contribution < 1.29 is 19.4 Å². The summed E-state index contributed by atoms with van der Waals surface area (Å²) >= 11 is 0. The van der Waals surface area contributed by atoms with Crippen molar-refractivity contribution in [1.82, 2.24) is 14.9 Å². The number of nitrogens with two attached hydrogens (primary N) is 2. The van der Waals surface area contributed by atoms with Crippen LogP contribution < -0.4 is 32.0 Å². The fourth-order valence-corrected chi connectivity index (χ4v) is 4.50. The van der Waals surface area contributed by atoms with Crippen molar-refractivity contribution in [2.75, 3.05) is 44.0 Å². The molecule has 1 aliphatic rings. The molecule has 11 heteroatoms. The van der Waals surface area contributed by atoms with E-state index < -0.39 is 11.5 Å². The lowest BCUT2D eigenvalue weighted by molar-refractivity contribution is -0.136. The van der Waals surface area contributed by atoms with E-state index in [0.717, 1.165) is 36.3 Å². The summed E-state index contributed by atoms with van der Waals surface area (Å²) in [6, 6.07) is 11.3. The largest absolute Gasteiger partial charge is 0.493 e. The third-order valence-corrected chi connectivity index (χ3v) is 6.43. The highest BCUT2D eigenvalue weighted by molar-refractivity contribution is 5.76. The third-order valence-electron chi connectivity index (χ3n) is 6.43. The number of aromatic nitrogens is 2. The molecule has 38 heavy (non-hydrogen) atoms. The molecular weight excluding hydrogens is 488 g/mol. The quantitative estimate of drug-likeness (QED) is 0.176. The predicted molar refractivity (Wildman–Crippen MR) is 146 cm³/mol. The van der Waals surface area contributed by atoms with Crippen LogP contribution in [0.3, 0.4) is 0 Å². The summed E-state index contributed by atoms with van der Waals surface area (Å²) in [5.74, 6) is 6.14. The maximum atomic E-state index is 12.3. The van der Waals surface area contributed by atoms with Gasteiger partial charge in [-0.05, 0) is 80.2 Å². The summed E-state index contributed by atoms with van der Waals surface area (Å²) < 4.78 is 12.0. The van der Waals surface area contributed by atoms with E-state index in [4.69, 9.17) is 21.1 Å². The molecule has 0 spiro atoms. The number of hydrazine groups is 1. The Balaban J connectivity index is 1.67. The number of carbonyl (C=O) groups is 1. The molecule has 0 aliphatic carbocycles. The number of hydrogen-bond donors (Lipinski definition) is 5. The molecule has 0 saturated carbocycles. The van der Waals surface area contributed by atoms with Crippen molar-refractivity contribution in [2.24, 2.45) is 5.84 Å². The number of nitrogens with zero attached hydrogens (tertiary/aromatic N) is 2. The molecule has 1 aliphatic heterocycles. The van der Waals surface area contributed by atoms with Gasteiger partial charge in [-0.2, -0.15) is 0 Å². The van der Waals surface area contributed by atoms with Gasteiger partial charge in [0.2, 0.25) is 0 Å². The van der Waals surface area contributed by atoms with Crippen LogP contribution in [0.2, 0.25) is 0 Å². The van der Waals surface area contributed by atoms with E-state index >= 15 is 0 Å². The lowest BCUT2D eigenvalue weighted by atomic mass is 9.98. The Labute approximate surface area is 220 Å². The van der Waals surface area contributed by atoms with Crippen LogP contribution in [0.4, 0.5) is 11.5 Å². The van der Waals surface area contributed by atoms with Crippen LogP contribution in [0.15, 0.2) is 41.2 Å². The Hall–Kier alpha value is -4.09. The van der Waals surface area contributed by atoms with Gasteiger partial charge in [-0.25, -0.2) is 10.8 Å². The highest BCUT2D eigenvalue weighted by Crippen LogP contribution is 2.35. The normalized spacial score (nSPS) is 13.4. The Morgan fingerprint density at radius 1 is 1.16 bits per heavy atom. The molecule has 2 heterocycles. The molecular formula is C27H34N6O5. The van der Waals surface area contributed by atoms with E-state index in [0.29, 0.717) is 36.7 Å². The third kappa shape index (κ3) is 6.61. The fourth-order valence-electron chi connectivity index (χ4n) is 4.50. The Kier molecular flexibility index (Phi) is 8.82. The first-order valence-corrected chi connectivity index (χ1v) is 12.7. The van der Waals surface area contributed by atoms with Gasteiger partial charge < -0.3 is 30.7 Å². The minimum atomic E-state index is -0.855. The first-order chi connectivity index (χ1) is 18.4. The van der Waals surface area contributed by atoms with E-state index in [9.17, 15) is 14.7 Å². The highest BCUT2D eigenvalue weighted by atomic mass is 16.5. The van der Waals surface area contributed by atoms with Gasteiger partial charge in [-0.15, -0.1) is 0 Å². The standard InChI is InChI=1S/C27H34N6O5/c1-2-37-22-16-18(6-7-21(22)25-30-26(32-29)24(28)27(36)31-25)19-13-17(5-8-23(34)35)14-20(15-19)38-12-11-33-9-3-4-10-33/h6-7,13-16H,2-5,8-12,28-29H2,1H3,(H,34,35)(H2,30,31,32,36). The minimum absolute atomic E-state index is 0.0213. The van der Waals surface area contributed by atoms with Crippen LogP contribution in [0, 0.1) is 0 Å². The summed E-state index contributed by atoms with van der Waals surface area (Å²) in [6.07, 6.45) is 2.84. The lowest BCUT2D eigenvalue weighted by Gasteiger charge is -2.17. The van der Waals surface area contributed by atoms with Crippen molar-refractivity contribution in [1.29, 1.82) is 0 Å². The van der Waals surface area contributed by atoms with Crippen LogP contribution in [0.5, 0.6) is 11.5 Å². The Morgan fingerprint density at radius 3 is 2.66 bits per heavy atom. The molecule has 0 radical (unpaired) electrons. The first kappa shape index (κ1) is 27.0. The van der Waals surface area contributed by atoms with Crippen molar-refractivity contribution in [3.05, 3.63) is 52.3 Å². The number of aryl methyl sites for hydroxylation is 1. The SMILES string of the molecule is CCOc1cc(-c2cc(CCC(=O)O)cc(OCCN3CCCC3)c2)ccc1-c1nc(NN)c(N)c(=O)[nH]1. The average molecular weight is 523 g/mol. The molecule has 1 aromatic heterocycles. The molecule has 0 amide bonds. The summed E-state index contributed by atoms with van der Waals surface area (Å²) in [7, 11) is 0. The van der Waals surface area contributed by atoms with E-state index in [2.05, 4.69) is 20.3 Å². The zero-order chi connectivity index (χ0) is 27.1. The van der Waals surface area contributed by atoms with E-state index in [1.165, 1.54) is 12.8 Å². The number of benzene rings is 2. The van der Waals surface area contributed by atoms with Gasteiger partial charge in [0.1, 0.15) is 29.6 Å². The van der Waals surface area contributed by atoms with Gasteiger partial charge in [0.25, 0.3) is 5.56 Å². The Bertz CT molecular complexity index is 1340. The van der Waals surface area contributed by atoms with Crippen LogP contribution >= 0.6 is 0 Å². The molecule has 3 aromatic rings. The maximum absolute atomic E-state index is 12.3. The van der Waals surface area contributed by atoms with Crippen LogP contribution in [0.1, 0.15) is 31.7 Å². The number of anilines is 2. The molecule has 4 rings (SSSR count). The molecule has 1 fully saturated rings. The van der Waals surface area contributed by atoms with E-state index in [-0.39, 0.29) is 23.8 Å². The van der Waals surface area contributed by atoms with Crippen LogP contribution in [-0.2, 0) is 11.2 Å². The first-order valence-electron chi connectivity index (χ1n) is 12.7. The highest BCUT2D eigenvalue weighted by Gasteiger charge is 2.16. The van der Waals surface area contributed by atoms with Gasteiger partial charge in [0, 0.05) is 13.0 Å². The molecule has 11 nitrogen and oxygen atoms in total. The number of nitrogen functional groups attached to an aromatic ring is 2. The smallest absolute Gasteiger partial charge is 0.303 e. The lowest BCUT2D eigenvalue weighted by Crippen LogP contribution is -2.25. The zero-order valence-electron chi connectivity index (χ0n) is 21.5. The van der Waals surface area contributed by atoms with Crippen molar-refractivity contribution in [3.63, 3.8) is 0 Å². The van der Waals surface area contributed by atoms with E-state index in [1.54, 1.807) is 6.07 Å². The summed E-state index contributed by atoms with van der Waals surface area (Å²) in [5, 5.41) is 9.20. The summed E-state index contributed by atoms with van der Waals surface area (Å²) in [4.78, 5) is 32.9. The number of rotatable bonds is 12. The molecule has 0 unspecified atom stereocenters. The van der Waals surface area contributed by atoms with Crippen LogP contribution in [-0.4, -0.2) is 58.8 Å². The maximum Gasteiger partial charge on any atom is 0.303 e. The number of aromatic amines is 1. The van der Waals surface area contributed by atoms with Crippen molar-refractivity contribution >= 4 is 17.5 Å². The predicted octanol–water partition coefficient (Wildman–Crippen LogP) is 2.86. The second-order valence-corrected chi connectivity index (χ2v) is 9.12. The molecule has 7 N–H and O–H groups in total. The molecule has 0 bridgehead atoms. The van der Waals surface area contributed by atoms with Crippen molar-refractivity contribution in [3.8, 4) is 34.0 Å². The zero-order valence-corrected chi connectivity index (χ0v) is 21.5. The van der Waals surface area contributed by atoms with Gasteiger partial charge in [-0.1, -0.05) is 12.1 Å². The number of aliphatic carboxylic acids is 1. The van der Waals surface area contributed by atoms with Crippen molar-refractivity contribution in [2.45, 2.75) is 32.6 Å². The number of ether oxygens (including phenoxy) is 2. The van der Waals surface area contributed by atoms with Gasteiger partial charge >= 0.3 is 5.97 Å². The Morgan fingerprint density at radius 2 is 1.95 bits per heavy atom. The molecule has 202 valence electrons. The van der Waals surface area contributed by atoms with Gasteiger partial charge in [0.15, 0.2) is 5.82 Å². The van der Waals surface area contributed by atoms with Gasteiger partial charge in [0.05, 0.1) is 12.2 Å². The summed E-state index contributed by atoms with van der Waals surface area (Å²) in [6.45, 7) is 5.85.